The number of nitrogens with one attached hydrogen (secondary N) is 1. The van der Waals surface area contributed by atoms with Crippen molar-refractivity contribution in [2.24, 2.45) is 0 Å². The summed E-state index contributed by atoms with van der Waals surface area (Å²) in [6.45, 7) is 7.48. The van der Waals surface area contributed by atoms with Gasteiger partial charge in [0.2, 0.25) is 0 Å². The predicted molar refractivity (Wildman–Crippen MR) is 68.6 cm³/mol. The van der Waals surface area contributed by atoms with Crippen LogP contribution in [0.1, 0.15) is 32.6 Å². The maximum Gasteiger partial charge on any atom is 0.0184 e. The lowest BCUT2D eigenvalue weighted by molar-refractivity contribution is 0.322. The van der Waals surface area contributed by atoms with E-state index in [2.05, 4.69) is 28.9 Å². The van der Waals surface area contributed by atoms with E-state index in [1.165, 1.54) is 57.6 Å². The van der Waals surface area contributed by atoms with Crippen LogP contribution in [-0.2, 0) is 0 Å². The standard InChI is InChI=1S/C12H24N2S/c1-11-12(5-4-10-15-11)13-6-9-14-7-2-3-8-14/h11-13H,2-10H2,1H3. The Morgan fingerprint density at radius 3 is 2.80 bits per heavy atom. The molecule has 0 saturated carbocycles. The van der Waals surface area contributed by atoms with E-state index in [0.717, 1.165) is 11.3 Å². The van der Waals surface area contributed by atoms with Crippen molar-refractivity contribution >= 4 is 11.8 Å². The number of thioether (sulfide) groups is 1. The van der Waals surface area contributed by atoms with E-state index in [1.807, 2.05) is 0 Å². The van der Waals surface area contributed by atoms with Crippen LogP contribution in [0.25, 0.3) is 0 Å². The highest BCUT2D eigenvalue weighted by Gasteiger charge is 2.21. The van der Waals surface area contributed by atoms with E-state index in [-0.39, 0.29) is 0 Å². The highest BCUT2D eigenvalue weighted by atomic mass is 32.2. The average Bonchev–Trinajstić information content (AvgIpc) is 2.74. The molecule has 0 aliphatic carbocycles. The molecule has 0 bridgehead atoms. The van der Waals surface area contributed by atoms with Crippen LogP contribution in [0, 0.1) is 0 Å². The average molecular weight is 228 g/mol. The SMILES string of the molecule is CC1SCCCC1NCCN1CCCC1. The predicted octanol–water partition coefficient (Wildman–Crippen LogP) is 1.96. The summed E-state index contributed by atoms with van der Waals surface area (Å²) in [5, 5.41) is 4.55. The van der Waals surface area contributed by atoms with Crippen molar-refractivity contribution in [1.29, 1.82) is 0 Å². The Morgan fingerprint density at radius 2 is 2.07 bits per heavy atom. The molecule has 0 radical (unpaired) electrons. The summed E-state index contributed by atoms with van der Waals surface area (Å²) < 4.78 is 0. The van der Waals surface area contributed by atoms with E-state index in [9.17, 15) is 0 Å². The molecule has 0 spiro atoms. The highest BCUT2D eigenvalue weighted by Crippen LogP contribution is 2.24. The zero-order valence-corrected chi connectivity index (χ0v) is 10.7. The van der Waals surface area contributed by atoms with Gasteiger partial charge in [0.05, 0.1) is 0 Å². The van der Waals surface area contributed by atoms with Gasteiger partial charge in [0, 0.05) is 24.4 Å². The smallest absolute Gasteiger partial charge is 0.0184 e. The van der Waals surface area contributed by atoms with Gasteiger partial charge >= 0.3 is 0 Å². The summed E-state index contributed by atoms with van der Waals surface area (Å²) in [7, 11) is 0. The zero-order valence-electron chi connectivity index (χ0n) is 9.87. The number of hydrogen-bond acceptors (Lipinski definition) is 3. The second-order valence-electron chi connectivity index (χ2n) is 4.83. The molecule has 15 heavy (non-hydrogen) atoms. The summed E-state index contributed by atoms with van der Waals surface area (Å²) in [5.74, 6) is 1.37. The molecule has 2 nitrogen and oxygen atoms in total. The minimum absolute atomic E-state index is 0.770. The molecule has 2 atom stereocenters. The van der Waals surface area contributed by atoms with Gasteiger partial charge in [0.1, 0.15) is 0 Å². The summed E-state index contributed by atoms with van der Waals surface area (Å²) in [5.41, 5.74) is 0. The fourth-order valence-electron chi connectivity index (χ4n) is 2.61. The lowest BCUT2D eigenvalue weighted by atomic mass is 10.1. The number of hydrogen-bond donors (Lipinski definition) is 1. The van der Waals surface area contributed by atoms with Crippen LogP contribution >= 0.6 is 11.8 Å². The molecular weight excluding hydrogens is 204 g/mol. The van der Waals surface area contributed by atoms with Crippen molar-refractivity contribution in [2.75, 3.05) is 31.9 Å². The van der Waals surface area contributed by atoms with Crippen LogP contribution in [0.15, 0.2) is 0 Å². The van der Waals surface area contributed by atoms with Crippen molar-refractivity contribution in [3.8, 4) is 0 Å². The van der Waals surface area contributed by atoms with E-state index >= 15 is 0 Å². The molecule has 2 rings (SSSR count). The Labute approximate surface area is 98.2 Å². The van der Waals surface area contributed by atoms with Gasteiger partial charge in [-0.1, -0.05) is 6.92 Å². The van der Waals surface area contributed by atoms with Crippen LogP contribution < -0.4 is 5.32 Å². The monoisotopic (exact) mass is 228 g/mol. The number of likely N-dealkylation sites (tertiary alicyclic amines) is 1. The Balaban J connectivity index is 1.59. The van der Waals surface area contributed by atoms with Gasteiger partial charge in [0.25, 0.3) is 0 Å². The van der Waals surface area contributed by atoms with Crippen molar-refractivity contribution in [3.63, 3.8) is 0 Å². The van der Waals surface area contributed by atoms with Gasteiger partial charge in [-0.05, 0) is 44.5 Å². The zero-order chi connectivity index (χ0) is 10.5. The lowest BCUT2D eigenvalue weighted by Crippen LogP contribution is -2.42. The molecular formula is C12H24N2S. The largest absolute Gasteiger partial charge is 0.312 e. The first-order valence-electron chi connectivity index (χ1n) is 6.43. The van der Waals surface area contributed by atoms with Crippen LogP contribution in [0.5, 0.6) is 0 Å². The topological polar surface area (TPSA) is 15.3 Å². The molecule has 2 saturated heterocycles. The normalized spacial score (nSPS) is 33.4. The third kappa shape index (κ3) is 3.65. The summed E-state index contributed by atoms with van der Waals surface area (Å²) in [6, 6.07) is 0.770. The Hall–Kier alpha value is 0.270. The van der Waals surface area contributed by atoms with Crippen molar-refractivity contribution < 1.29 is 0 Å². The molecule has 2 unspecified atom stereocenters. The minimum Gasteiger partial charge on any atom is -0.312 e. The van der Waals surface area contributed by atoms with Gasteiger partial charge in [-0.3, -0.25) is 0 Å². The van der Waals surface area contributed by atoms with E-state index < -0.39 is 0 Å². The fourth-order valence-corrected chi connectivity index (χ4v) is 3.78. The van der Waals surface area contributed by atoms with Gasteiger partial charge in [-0.2, -0.15) is 11.8 Å². The van der Waals surface area contributed by atoms with Gasteiger partial charge in [-0.15, -0.1) is 0 Å². The third-order valence-electron chi connectivity index (χ3n) is 3.64. The Bertz CT molecular complexity index is 180. The second-order valence-corrected chi connectivity index (χ2v) is 6.31. The first-order valence-corrected chi connectivity index (χ1v) is 7.48. The number of nitrogens with zero attached hydrogens (tertiary/aromatic N) is 1. The molecule has 2 fully saturated rings. The molecule has 3 heteroatoms. The molecule has 1 N–H and O–H groups in total. The summed E-state index contributed by atoms with van der Waals surface area (Å²) >= 11 is 2.13. The molecule has 88 valence electrons. The molecule has 0 aromatic heterocycles. The third-order valence-corrected chi connectivity index (χ3v) is 5.02. The van der Waals surface area contributed by atoms with Crippen LogP contribution in [-0.4, -0.2) is 48.1 Å². The van der Waals surface area contributed by atoms with Gasteiger partial charge in [0.15, 0.2) is 0 Å². The Morgan fingerprint density at radius 1 is 1.27 bits per heavy atom. The molecule has 0 amide bonds. The molecule has 0 aromatic carbocycles. The van der Waals surface area contributed by atoms with E-state index in [4.69, 9.17) is 0 Å². The van der Waals surface area contributed by atoms with Gasteiger partial charge < -0.3 is 10.2 Å². The van der Waals surface area contributed by atoms with Crippen LogP contribution in [0.3, 0.4) is 0 Å². The summed E-state index contributed by atoms with van der Waals surface area (Å²) in [4.78, 5) is 2.59. The first-order chi connectivity index (χ1) is 7.36. The highest BCUT2D eigenvalue weighted by molar-refractivity contribution is 7.99. The molecule has 2 aliphatic heterocycles. The Kier molecular flexibility index (Phi) is 4.79. The van der Waals surface area contributed by atoms with E-state index in [0.29, 0.717) is 0 Å². The quantitative estimate of drug-likeness (QED) is 0.792. The minimum atomic E-state index is 0.770. The maximum absolute atomic E-state index is 3.74. The molecule has 2 heterocycles. The van der Waals surface area contributed by atoms with Crippen molar-refractivity contribution in [1.82, 2.24) is 10.2 Å². The van der Waals surface area contributed by atoms with Gasteiger partial charge in [-0.25, -0.2) is 0 Å². The second kappa shape index (κ2) is 6.12. The van der Waals surface area contributed by atoms with Crippen molar-refractivity contribution in [3.05, 3.63) is 0 Å². The van der Waals surface area contributed by atoms with Crippen molar-refractivity contribution in [2.45, 2.75) is 43.9 Å². The maximum atomic E-state index is 3.74. The molecule has 2 aliphatic rings. The molecule has 0 aromatic rings. The number of rotatable bonds is 4. The summed E-state index contributed by atoms with van der Waals surface area (Å²) in [6.07, 6.45) is 5.61. The van der Waals surface area contributed by atoms with E-state index in [1.54, 1.807) is 0 Å². The first kappa shape index (κ1) is 11.7. The van der Waals surface area contributed by atoms with Crippen LogP contribution in [0.4, 0.5) is 0 Å². The fraction of sp³-hybridized carbons (Fsp3) is 1.00. The van der Waals surface area contributed by atoms with Crippen LogP contribution in [0.2, 0.25) is 0 Å². The lowest BCUT2D eigenvalue weighted by Gasteiger charge is -2.30.